The number of anilines is 1. The van der Waals surface area contributed by atoms with E-state index in [-0.39, 0.29) is 33.8 Å². The number of benzene rings is 1. The summed E-state index contributed by atoms with van der Waals surface area (Å²) in [5, 5.41) is -0.938. The minimum atomic E-state index is -4.11. The van der Waals surface area contributed by atoms with Crippen LogP contribution in [0.5, 0.6) is 0 Å². The number of hydrogen-bond donors (Lipinski definition) is 1. The summed E-state index contributed by atoms with van der Waals surface area (Å²) in [5.41, 5.74) is 1.10. The molecule has 1 aromatic rings. The standard InChI is InChI=1S/C15H16N2O4S3Se/c1-9(24(19,20)21)7-8-17-13(18)12(23-15(17)22)14-16(2)10-5-3-4-6-11(10)25-14/h3-6,9H,7-8H2,1-2H3,(H,19,20,21). The monoisotopic (exact) mass is 464 g/mol. The Hall–Kier alpha value is -0.901. The maximum absolute atomic E-state index is 12.8. The first-order chi connectivity index (χ1) is 11.7. The van der Waals surface area contributed by atoms with Crippen molar-refractivity contribution in [2.75, 3.05) is 18.5 Å². The third kappa shape index (κ3) is 3.65. The second-order valence-electron chi connectivity index (χ2n) is 5.70. The Kier molecular flexibility index (Phi) is 5.30. The van der Waals surface area contributed by atoms with Gasteiger partial charge < -0.3 is 0 Å². The topological polar surface area (TPSA) is 77.9 Å². The van der Waals surface area contributed by atoms with E-state index in [0.717, 1.165) is 10.3 Å². The van der Waals surface area contributed by atoms with E-state index < -0.39 is 15.4 Å². The average molecular weight is 463 g/mol. The maximum atomic E-state index is 12.8. The number of amides is 1. The van der Waals surface area contributed by atoms with Crippen molar-refractivity contribution in [3.05, 3.63) is 33.8 Å². The van der Waals surface area contributed by atoms with Crippen LogP contribution in [0.15, 0.2) is 33.8 Å². The van der Waals surface area contributed by atoms with Crippen LogP contribution >= 0.6 is 24.0 Å². The van der Waals surface area contributed by atoms with Crippen LogP contribution in [0.2, 0.25) is 0 Å². The Labute approximate surface area is 162 Å². The van der Waals surface area contributed by atoms with Crippen LogP contribution in [-0.4, -0.2) is 61.9 Å². The van der Waals surface area contributed by atoms with Gasteiger partial charge in [0.25, 0.3) is 0 Å². The van der Waals surface area contributed by atoms with Crippen molar-refractivity contribution in [2.45, 2.75) is 18.6 Å². The fourth-order valence-electron chi connectivity index (χ4n) is 2.48. The van der Waals surface area contributed by atoms with Crippen LogP contribution in [-0.2, 0) is 14.9 Å². The van der Waals surface area contributed by atoms with E-state index in [1.54, 1.807) is 0 Å². The van der Waals surface area contributed by atoms with Crippen molar-refractivity contribution < 1.29 is 17.8 Å². The molecule has 1 unspecified atom stereocenters. The van der Waals surface area contributed by atoms with Crippen LogP contribution in [0.4, 0.5) is 5.69 Å². The minimum absolute atomic E-state index is 0.0245. The Morgan fingerprint density at radius 1 is 1.36 bits per heavy atom. The molecule has 0 radical (unpaired) electrons. The number of nitrogens with zero attached hydrogens (tertiary/aromatic N) is 2. The number of thiocarbonyl (C=S) groups is 1. The van der Waals surface area contributed by atoms with Crippen molar-refractivity contribution in [1.82, 2.24) is 4.90 Å². The van der Waals surface area contributed by atoms with Gasteiger partial charge in [-0.25, -0.2) is 0 Å². The summed E-state index contributed by atoms with van der Waals surface area (Å²) in [4.78, 5) is 16.9. The molecule has 1 amide bonds. The summed E-state index contributed by atoms with van der Waals surface area (Å²) in [6.07, 6.45) is 0.134. The zero-order valence-electron chi connectivity index (χ0n) is 13.5. The SMILES string of the molecule is CC(CCN1C(=O)C(=C2[Se]c3ccccc3N2C)SC1=S)S(=O)(=O)O. The number of carbonyl (C=O) groups is 1. The zero-order chi connectivity index (χ0) is 18.4. The van der Waals surface area contributed by atoms with Crippen LogP contribution in [0, 0.1) is 0 Å². The van der Waals surface area contributed by atoms with E-state index in [1.807, 2.05) is 30.1 Å². The molecule has 2 aliphatic heterocycles. The molecular weight excluding hydrogens is 447 g/mol. The van der Waals surface area contributed by atoms with Crippen LogP contribution < -0.4 is 9.36 Å². The van der Waals surface area contributed by atoms with Gasteiger partial charge in [-0.3, -0.25) is 0 Å². The summed E-state index contributed by atoms with van der Waals surface area (Å²) >= 11 is 6.60. The molecule has 0 aromatic heterocycles. The van der Waals surface area contributed by atoms with Crippen molar-refractivity contribution in [3.8, 4) is 0 Å². The summed E-state index contributed by atoms with van der Waals surface area (Å²) in [5.74, 6) is -0.186. The molecule has 3 rings (SSSR count). The van der Waals surface area contributed by atoms with Crippen molar-refractivity contribution in [3.63, 3.8) is 0 Å². The summed E-state index contributed by atoms with van der Waals surface area (Å²) < 4.78 is 34.0. The summed E-state index contributed by atoms with van der Waals surface area (Å²) in [6, 6.07) is 8.04. The molecule has 0 bridgehead atoms. The molecule has 25 heavy (non-hydrogen) atoms. The van der Waals surface area contributed by atoms with Crippen LogP contribution in [0.3, 0.4) is 0 Å². The van der Waals surface area contributed by atoms with Crippen LogP contribution in [0.25, 0.3) is 0 Å². The molecule has 134 valence electrons. The molecule has 1 aromatic carbocycles. The number of rotatable bonds is 4. The van der Waals surface area contributed by atoms with Crippen molar-refractivity contribution in [1.29, 1.82) is 0 Å². The number of para-hydroxylation sites is 1. The van der Waals surface area contributed by atoms with Gasteiger partial charge in [0.1, 0.15) is 0 Å². The molecule has 1 fully saturated rings. The molecule has 0 saturated carbocycles. The van der Waals surface area contributed by atoms with E-state index in [9.17, 15) is 13.2 Å². The molecule has 0 spiro atoms. The second kappa shape index (κ2) is 7.02. The fourth-order valence-corrected chi connectivity index (χ4v) is 6.93. The first-order valence-electron chi connectivity index (χ1n) is 7.45. The van der Waals surface area contributed by atoms with Gasteiger partial charge in [0.2, 0.25) is 0 Å². The average Bonchev–Trinajstić information content (AvgIpc) is 3.02. The van der Waals surface area contributed by atoms with Crippen molar-refractivity contribution >= 4 is 69.4 Å². The third-order valence-corrected chi connectivity index (χ3v) is 9.62. The van der Waals surface area contributed by atoms with Gasteiger partial charge in [-0.2, -0.15) is 0 Å². The van der Waals surface area contributed by atoms with Gasteiger partial charge in [0.05, 0.1) is 0 Å². The molecular formula is C15H16N2O4S3Se. The van der Waals surface area contributed by atoms with E-state index in [2.05, 4.69) is 6.07 Å². The van der Waals surface area contributed by atoms with E-state index >= 15 is 0 Å². The Bertz CT molecular complexity index is 885. The predicted octanol–water partition coefficient (Wildman–Crippen LogP) is 1.16. The molecule has 6 nitrogen and oxygen atoms in total. The molecule has 1 atom stereocenters. The molecule has 1 N–H and O–H groups in total. The third-order valence-electron chi connectivity index (χ3n) is 4.05. The van der Waals surface area contributed by atoms with Gasteiger partial charge in [-0.15, -0.1) is 0 Å². The van der Waals surface area contributed by atoms with E-state index in [1.165, 1.54) is 28.0 Å². The predicted molar refractivity (Wildman–Crippen MR) is 105 cm³/mol. The Morgan fingerprint density at radius 2 is 2.04 bits per heavy atom. The Balaban J connectivity index is 1.81. The van der Waals surface area contributed by atoms with Gasteiger partial charge in [-0.1, -0.05) is 0 Å². The summed E-state index contributed by atoms with van der Waals surface area (Å²) in [7, 11) is -2.17. The second-order valence-corrected chi connectivity index (χ2v) is 11.3. The first kappa shape index (κ1) is 18.9. The number of carbonyl (C=O) groups excluding carboxylic acids is 1. The molecule has 0 aliphatic carbocycles. The fraction of sp³-hybridized carbons (Fsp3) is 0.333. The quantitative estimate of drug-likeness (QED) is 0.311. The Morgan fingerprint density at radius 3 is 2.68 bits per heavy atom. The van der Waals surface area contributed by atoms with Crippen molar-refractivity contribution in [2.24, 2.45) is 0 Å². The number of thioether (sulfide) groups is 1. The van der Waals surface area contributed by atoms with Gasteiger partial charge in [0, 0.05) is 0 Å². The molecule has 2 heterocycles. The van der Waals surface area contributed by atoms with Gasteiger partial charge in [-0.05, 0) is 0 Å². The number of hydrogen-bond acceptors (Lipinski definition) is 6. The van der Waals surface area contributed by atoms with E-state index in [0.29, 0.717) is 9.23 Å². The summed E-state index contributed by atoms with van der Waals surface area (Å²) in [6.45, 7) is 1.59. The molecule has 1 saturated heterocycles. The van der Waals surface area contributed by atoms with E-state index in [4.69, 9.17) is 16.8 Å². The first-order valence-corrected chi connectivity index (χ1v) is 11.9. The van der Waals surface area contributed by atoms with Crippen LogP contribution in [0.1, 0.15) is 13.3 Å². The molecule has 10 heteroatoms. The van der Waals surface area contributed by atoms with Gasteiger partial charge in [0.15, 0.2) is 0 Å². The number of fused-ring (bicyclic) bond motifs is 1. The normalized spacial score (nSPS) is 21.9. The zero-order valence-corrected chi connectivity index (χ0v) is 17.7. The molecule has 2 aliphatic rings. The van der Waals surface area contributed by atoms with Gasteiger partial charge >= 0.3 is 163 Å².